The molecule has 0 aromatic heterocycles. The Morgan fingerprint density at radius 1 is 0.618 bits per heavy atom. The summed E-state index contributed by atoms with van der Waals surface area (Å²) in [6, 6.07) is 14.0. The van der Waals surface area contributed by atoms with E-state index < -0.39 is 0 Å². The SMILES string of the molecule is O=C(Oc1ccc(OCC2CO2)cc1)C1CCC(C(=O)Oc2ccc(OCC3CO3)cc2)CC1. The molecule has 2 aromatic rings. The summed E-state index contributed by atoms with van der Waals surface area (Å²) >= 11 is 0. The van der Waals surface area contributed by atoms with Gasteiger partial charge in [0, 0.05) is 0 Å². The number of carbonyl (C=O) groups excluding carboxylic acids is 2. The standard InChI is InChI=1S/C26H28O8/c27-25(33-21-9-5-19(6-10-21)29-13-23-15-31-23)17-1-2-18(4-3-17)26(28)34-22-11-7-20(8-12-22)30-14-24-16-32-24/h5-12,17-18,23-24H,1-4,13-16H2. The van der Waals surface area contributed by atoms with E-state index in [0.29, 0.717) is 61.9 Å². The smallest absolute Gasteiger partial charge is 0.314 e. The van der Waals surface area contributed by atoms with Crippen LogP contribution in [0.2, 0.25) is 0 Å². The zero-order chi connectivity index (χ0) is 23.3. The molecule has 8 heteroatoms. The van der Waals surface area contributed by atoms with Crippen LogP contribution >= 0.6 is 0 Å². The van der Waals surface area contributed by atoms with Crippen molar-refractivity contribution in [2.75, 3.05) is 26.4 Å². The molecule has 34 heavy (non-hydrogen) atoms. The highest BCUT2D eigenvalue weighted by molar-refractivity contribution is 5.77. The van der Waals surface area contributed by atoms with E-state index in [4.69, 9.17) is 28.4 Å². The highest BCUT2D eigenvalue weighted by Crippen LogP contribution is 2.32. The van der Waals surface area contributed by atoms with Crippen molar-refractivity contribution in [2.24, 2.45) is 11.8 Å². The first-order valence-corrected chi connectivity index (χ1v) is 11.7. The maximum absolute atomic E-state index is 12.6. The van der Waals surface area contributed by atoms with Gasteiger partial charge in [0.2, 0.25) is 0 Å². The lowest BCUT2D eigenvalue weighted by atomic mass is 9.82. The average molecular weight is 469 g/mol. The van der Waals surface area contributed by atoms with Gasteiger partial charge in [0.25, 0.3) is 0 Å². The fourth-order valence-corrected chi connectivity index (χ4v) is 3.88. The van der Waals surface area contributed by atoms with Crippen LogP contribution in [-0.4, -0.2) is 50.6 Å². The lowest BCUT2D eigenvalue weighted by Gasteiger charge is -2.25. The third-order valence-corrected chi connectivity index (χ3v) is 6.15. The highest BCUT2D eigenvalue weighted by Gasteiger charge is 2.32. The summed E-state index contributed by atoms with van der Waals surface area (Å²) in [5.74, 6) is 1.42. The average Bonchev–Trinajstić information content (AvgIpc) is 3.79. The molecule has 0 amide bonds. The zero-order valence-corrected chi connectivity index (χ0v) is 18.9. The van der Waals surface area contributed by atoms with Crippen molar-refractivity contribution in [1.29, 1.82) is 0 Å². The van der Waals surface area contributed by atoms with Gasteiger partial charge in [-0.3, -0.25) is 9.59 Å². The summed E-state index contributed by atoms with van der Waals surface area (Å²) in [6.45, 7) is 2.55. The molecule has 0 N–H and O–H groups in total. The van der Waals surface area contributed by atoms with Crippen LogP contribution in [-0.2, 0) is 19.1 Å². The molecule has 0 spiro atoms. The lowest BCUT2D eigenvalue weighted by molar-refractivity contribution is -0.145. The minimum absolute atomic E-state index is 0.192. The van der Waals surface area contributed by atoms with E-state index in [-0.39, 0.29) is 36.0 Å². The first kappa shape index (κ1) is 22.7. The molecule has 180 valence electrons. The fourth-order valence-electron chi connectivity index (χ4n) is 3.88. The van der Waals surface area contributed by atoms with E-state index in [1.165, 1.54) is 0 Å². The van der Waals surface area contributed by atoms with Crippen molar-refractivity contribution in [2.45, 2.75) is 37.9 Å². The van der Waals surface area contributed by atoms with E-state index in [1.807, 2.05) is 0 Å². The van der Waals surface area contributed by atoms with Crippen molar-refractivity contribution in [1.82, 2.24) is 0 Å². The highest BCUT2D eigenvalue weighted by atomic mass is 16.6. The Morgan fingerprint density at radius 3 is 1.26 bits per heavy atom. The molecule has 0 radical (unpaired) electrons. The van der Waals surface area contributed by atoms with Gasteiger partial charge in [-0.15, -0.1) is 0 Å². The largest absolute Gasteiger partial charge is 0.491 e. The molecule has 2 atom stereocenters. The molecule has 3 aliphatic rings. The minimum atomic E-state index is -0.265. The molecular formula is C26H28O8. The number of carbonyl (C=O) groups is 2. The van der Waals surface area contributed by atoms with Gasteiger partial charge < -0.3 is 28.4 Å². The summed E-state index contributed by atoms with van der Waals surface area (Å²) in [4.78, 5) is 25.1. The predicted octanol–water partition coefficient (Wildman–Crippen LogP) is 3.56. The molecule has 2 aromatic carbocycles. The number of hydrogen-bond donors (Lipinski definition) is 0. The minimum Gasteiger partial charge on any atom is -0.491 e. The Bertz CT molecular complexity index is 889. The van der Waals surface area contributed by atoms with Gasteiger partial charge in [0.15, 0.2) is 0 Å². The van der Waals surface area contributed by atoms with Crippen LogP contribution < -0.4 is 18.9 Å². The van der Waals surface area contributed by atoms with Crippen LogP contribution in [0, 0.1) is 11.8 Å². The Kier molecular flexibility index (Phi) is 6.97. The van der Waals surface area contributed by atoms with Gasteiger partial charge in [-0.2, -0.15) is 0 Å². The maximum atomic E-state index is 12.6. The first-order valence-electron chi connectivity index (χ1n) is 11.7. The molecule has 8 nitrogen and oxygen atoms in total. The van der Waals surface area contributed by atoms with Crippen molar-refractivity contribution in [3.8, 4) is 23.0 Å². The van der Waals surface area contributed by atoms with Gasteiger partial charge in [0.1, 0.15) is 48.4 Å². The maximum Gasteiger partial charge on any atom is 0.314 e. The van der Waals surface area contributed by atoms with Crippen LogP contribution in [0.1, 0.15) is 25.7 Å². The summed E-state index contributed by atoms with van der Waals surface area (Å²) in [7, 11) is 0. The normalized spacial score (nSPS) is 25.2. The Labute approximate surface area is 198 Å². The number of ether oxygens (including phenoxy) is 6. The molecule has 0 bridgehead atoms. The number of hydrogen-bond acceptors (Lipinski definition) is 8. The first-order chi connectivity index (χ1) is 16.6. The van der Waals surface area contributed by atoms with Crippen molar-refractivity contribution in [3.05, 3.63) is 48.5 Å². The second-order valence-corrected chi connectivity index (χ2v) is 8.87. The summed E-state index contributed by atoms with van der Waals surface area (Å²) in [5.41, 5.74) is 0. The van der Waals surface area contributed by atoms with E-state index in [1.54, 1.807) is 48.5 Å². The molecule has 2 saturated heterocycles. The zero-order valence-electron chi connectivity index (χ0n) is 18.9. The quantitative estimate of drug-likeness (QED) is 0.297. The van der Waals surface area contributed by atoms with Gasteiger partial charge in [0.05, 0.1) is 25.0 Å². The van der Waals surface area contributed by atoms with E-state index in [0.717, 1.165) is 13.2 Å². The molecule has 1 aliphatic carbocycles. The third-order valence-electron chi connectivity index (χ3n) is 6.15. The van der Waals surface area contributed by atoms with Gasteiger partial charge in [-0.1, -0.05) is 0 Å². The van der Waals surface area contributed by atoms with Gasteiger partial charge >= 0.3 is 11.9 Å². The molecule has 2 unspecified atom stereocenters. The van der Waals surface area contributed by atoms with Crippen LogP contribution in [0.3, 0.4) is 0 Å². The van der Waals surface area contributed by atoms with E-state index in [2.05, 4.69) is 0 Å². The summed E-state index contributed by atoms with van der Waals surface area (Å²) in [6.07, 6.45) is 2.76. The Morgan fingerprint density at radius 2 is 0.941 bits per heavy atom. The second kappa shape index (κ2) is 10.4. The summed E-state index contributed by atoms with van der Waals surface area (Å²) in [5, 5.41) is 0. The molecule has 1 saturated carbocycles. The van der Waals surface area contributed by atoms with Crippen molar-refractivity contribution in [3.63, 3.8) is 0 Å². The Hall–Kier alpha value is -3.10. The van der Waals surface area contributed by atoms with Gasteiger partial charge in [-0.25, -0.2) is 0 Å². The second-order valence-electron chi connectivity index (χ2n) is 8.87. The number of rotatable bonds is 10. The topological polar surface area (TPSA) is 96.1 Å². The van der Waals surface area contributed by atoms with E-state index in [9.17, 15) is 9.59 Å². The van der Waals surface area contributed by atoms with Crippen molar-refractivity contribution < 1.29 is 38.0 Å². The lowest BCUT2D eigenvalue weighted by Crippen LogP contribution is -2.30. The van der Waals surface area contributed by atoms with E-state index >= 15 is 0 Å². The van der Waals surface area contributed by atoms with Crippen molar-refractivity contribution >= 4 is 11.9 Å². The van der Waals surface area contributed by atoms with Crippen LogP contribution in [0.25, 0.3) is 0 Å². The van der Waals surface area contributed by atoms with Crippen LogP contribution in [0.5, 0.6) is 23.0 Å². The third kappa shape index (κ3) is 6.48. The molecular weight excluding hydrogens is 440 g/mol. The number of esters is 2. The monoisotopic (exact) mass is 468 g/mol. The molecule has 5 rings (SSSR count). The number of benzene rings is 2. The molecule has 2 aliphatic heterocycles. The molecule has 3 fully saturated rings. The Balaban J connectivity index is 1.03. The fraction of sp³-hybridized carbons (Fsp3) is 0.462. The molecule has 2 heterocycles. The predicted molar refractivity (Wildman–Crippen MR) is 120 cm³/mol. The van der Waals surface area contributed by atoms with Crippen LogP contribution in [0.4, 0.5) is 0 Å². The number of epoxide rings is 2. The van der Waals surface area contributed by atoms with Crippen LogP contribution in [0.15, 0.2) is 48.5 Å². The van der Waals surface area contributed by atoms with Gasteiger partial charge in [-0.05, 0) is 74.2 Å². The summed E-state index contributed by atoms with van der Waals surface area (Å²) < 4.78 is 32.5.